The lowest BCUT2D eigenvalue weighted by atomic mass is 10.1. The summed E-state index contributed by atoms with van der Waals surface area (Å²) in [5, 5.41) is 17.3. The molecule has 0 bridgehead atoms. The molecule has 3 heterocycles. The van der Waals surface area contributed by atoms with Gasteiger partial charge in [-0.1, -0.05) is 12.1 Å². The van der Waals surface area contributed by atoms with Crippen molar-refractivity contribution in [1.82, 2.24) is 30.8 Å². The third-order valence-electron chi connectivity index (χ3n) is 8.27. The molecule has 1 saturated heterocycles. The van der Waals surface area contributed by atoms with Gasteiger partial charge in [-0.25, -0.2) is 10.8 Å². The molecule has 50 heavy (non-hydrogen) atoms. The number of nitrogens with two attached hydrogens (primary N) is 1. The van der Waals surface area contributed by atoms with E-state index in [-0.39, 0.29) is 43.8 Å². The van der Waals surface area contributed by atoms with Crippen LogP contribution in [-0.2, 0) is 16.1 Å². The average Bonchev–Trinajstić information content (AvgIpc) is 3.64. The summed E-state index contributed by atoms with van der Waals surface area (Å²) in [5.41, 5.74) is 5.21. The highest BCUT2D eigenvalue weighted by molar-refractivity contribution is 6.39. The Balaban J connectivity index is 1.11. The molecule has 0 radical (unpaired) electrons. The summed E-state index contributed by atoms with van der Waals surface area (Å²) in [5.74, 6) is 5.22. The molecule has 0 spiro atoms. The summed E-state index contributed by atoms with van der Waals surface area (Å²) < 4.78 is 11.1. The summed E-state index contributed by atoms with van der Waals surface area (Å²) in [4.78, 5) is 61.4. The number of nitrogens with zero attached hydrogens (tertiary/aromatic N) is 3. The predicted octanol–water partition coefficient (Wildman–Crippen LogP) is 2.10. The first-order valence-corrected chi connectivity index (χ1v) is 16.0. The predicted molar refractivity (Wildman–Crippen MR) is 186 cm³/mol. The number of amides is 4. The third-order valence-corrected chi connectivity index (χ3v) is 8.27. The van der Waals surface area contributed by atoms with E-state index in [1.807, 2.05) is 25.1 Å². The van der Waals surface area contributed by atoms with Crippen LogP contribution in [0.5, 0.6) is 11.5 Å². The van der Waals surface area contributed by atoms with Gasteiger partial charge in [0.1, 0.15) is 29.6 Å². The Morgan fingerprint density at radius 3 is 2.60 bits per heavy atom. The van der Waals surface area contributed by atoms with Crippen LogP contribution >= 0.6 is 0 Å². The number of likely N-dealkylation sites (tertiary alicyclic amines) is 1. The number of rotatable bonds is 14. The van der Waals surface area contributed by atoms with Crippen molar-refractivity contribution in [3.8, 4) is 11.5 Å². The maximum Gasteiger partial charge on any atom is 0.267 e. The lowest BCUT2D eigenvalue weighted by Gasteiger charge is -2.25. The smallest absolute Gasteiger partial charge is 0.267 e. The molecule has 15 nitrogen and oxygen atoms in total. The number of hydrogen-bond acceptors (Lipinski definition) is 11. The lowest BCUT2D eigenvalue weighted by molar-refractivity contribution is -0.130. The van der Waals surface area contributed by atoms with Gasteiger partial charge in [-0.2, -0.15) is 0 Å². The van der Waals surface area contributed by atoms with Crippen molar-refractivity contribution < 1.29 is 28.7 Å². The number of nitrogens with one attached hydrogen (secondary N) is 5. The molecule has 1 fully saturated rings. The SMILES string of the molecule is COc1cc(CNC(=O)C(=N)[C@@H]2CCCN2C(=O)CNC(=O)c2ccnc3cc(OCCNC(=O)c4ccc(NN)nc4)ccc23)ccc1C. The fraction of sp³-hybridized carbons (Fsp3) is 0.286. The molecule has 15 heteroatoms. The molecule has 4 aromatic rings. The quantitative estimate of drug-likeness (QED) is 0.0493. The topological polar surface area (TPSA) is 214 Å². The Morgan fingerprint density at radius 2 is 1.84 bits per heavy atom. The molecule has 1 aliphatic rings. The monoisotopic (exact) mass is 681 g/mol. The fourth-order valence-corrected chi connectivity index (χ4v) is 5.59. The number of carbonyl (C=O) groups excluding carboxylic acids is 4. The van der Waals surface area contributed by atoms with Gasteiger partial charge in [0.05, 0.1) is 42.9 Å². The van der Waals surface area contributed by atoms with Crippen molar-refractivity contribution in [2.45, 2.75) is 32.4 Å². The van der Waals surface area contributed by atoms with Crippen molar-refractivity contribution >= 4 is 46.1 Å². The van der Waals surface area contributed by atoms with Crippen LogP contribution in [0.3, 0.4) is 0 Å². The van der Waals surface area contributed by atoms with E-state index in [0.717, 1.165) is 11.1 Å². The molecule has 7 N–H and O–H groups in total. The van der Waals surface area contributed by atoms with Crippen LogP contribution in [0.15, 0.2) is 67.0 Å². The summed E-state index contributed by atoms with van der Waals surface area (Å²) in [6, 6.07) is 14.7. The van der Waals surface area contributed by atoms with E-state index in [2.05, 4.69) is 31.3 Å². The van der Waals surface area contributed by atoms with E-state index in [4.69, 9.17) is 20.7 Å². The number of methoxy groups -OCH3 is 1. The minimum Gasteiger partial charge on any atom is -0.496 e. The summed E-state index contributed by atoms with van der Waals surface area (Å²) >= 11 is 0. The van der Waals surface area contributed by atoms with Crippen molar-refractivity contribution in [3.63, 3.8) is 0 Å². The number of hydrogen-bond donors (Lipinski definition) is 6. The van der Waals surface area contributed by atoms with Gasteiger partial charge in [0.2, 0.25) is 5.91 Å². The second kappa shape index (κ2) is 16.3. The van der Waals surface area contributed by atoms with E-state index < -0.39 is 17.9 Å². The normalized spacial score (nSPS) is 13.7. The van der Waals surface area contributed by atoms with E-state index in [1.54, 1.807) is 43.5 Å². The lowest BCUT2D eigenvalue weighted by Crippen LogP contribution is -2.49. The van der Waals surface area contributed by atoms with E-state index in [0.29, 0.717) is 58.7 Å². The van der Waals surface area contributed by atoms with E-state index in [1.165, 1.54) is 17.3 Å². The molecule has 1 aliphatic heterocycles. The van der Waals surface area contributed by atoms with Gasteiger partial charge in [-0.3, -0.25) is 29.6 Å². The zero-order chi connectivity index (χ0) is 35.6. The van der Waals surface area contributed by atoms with Crippen molar-refractivity contribution in [1.29, 1.82) is 5.41 Å². The summed E-state index contributed by atoms with van der Waals surface area (Å²) in [6.45, 7) is 2.64. The molecule has 260 valence electrons. The Bertz CT molecular complexity index is 1900. The Kier molecular flexibility index (Phi) is 11.5. The summed E-state index contributed by atoms with van der Waals surface area (Å²) in [6.07, 6.45) is 4.02. The number of hydrazine groups is 1. The fourth-order valence-electron chi connectivity index (χ4n) is 5.59. The molecular weight excluding hydrogens is 642 g/mol. The van der Waals surface area contributed by atoms with Gasteiger partial charge in [-0.15, -0.1) is 0 Å². The number of nitrogen functional groups attached to an aromatic ring is 1. The summed E-state index contributed by atoms with van der Waals surface area (Å²) in [7, 11) is 1.58. The first-order valence-electron chi connectivity index (χ1n) is 16.0. The molecule has 2 aromatic carbocycles. The minimum absolute atomic E-state index is 0.188. The number of fused-ring (bicyclic) bond motifs is 1. The first-order chi connectivity index (χ1) is 24.2. The Morgan fingerprint density at radius 1 is 1.00 bits per heavy atom. The van der Waals surface area contributed by atoms with E-state index in [9.17, 15) is 19.2 Å². The zero-order valence-electron chi connectivity index (χ0n) is 27.7. The molecule has 2 aromatic heterocycles. The van der Waals surface area contributed by atoms with Gasteiger partial charge < -0.3 is 35.7 Å². The second-order valence-electron chi connectivity index (χ2n) is 11.5. The zero-order valence-corrected chi connectivity index (χ0v) is 27.7. The van der Waals surface area contributed by atoms with Gasteiger partial charge in [-0.05, 0) is 67.3 Å². The van der Waals surface area contributed by atoms with Crippen LogP contribution in [0.2, 0.25) is 0 Å². The van der Waals surface area contributed by atoms with Gasteiger partial charge >= 0.3 is 0 Å². The molecule has 0 aliphatic carbocycles. The minimum atomic E-state index is -0.683. The highest BCUT2D eigenvalue weighted by Gasteiger charge is 2.34. The van der Waals surface area contributed by atoms with Crippen LogP contribution in [0, 0.1) is 12.3 Å². The van der Waals surface area contributed by atoms with Crippen LogP contribution in [-0.4, -0.2) is 83.6 Å². The molecule has 5 rings (SSSR count). The maximum absolute atomic E-state index is 13.2. The largest absolute Gasteiger partial charge is 0.496 e. The van der Waals surface area contributed by atoms with Crippen LogP contribution < -0.4 is 36.7 Å². The Hall–Kier alpha value is -6.09. The number of pyridine rings is 2. The highest BCUT2D eigenvalue weighted by Crippen LogP contribution is 2.23. The molecule has 4 amide bonds. The average molecular weight is 682 g/mol. The molecule has 0 saturated carbocycles. The van der Waals surface area contributed by atoms with Gasteiger partial charge in [0.25, 0.3) is 17.7 Å². The number of aromatic nitrogens is 2. The maximum atomic E-state index is 13.2. The van der Waals surface area contributed by atoms with Crippen molar-refractivity contribution in [2.24, 2.45) is 5.84 Å². The highest BCUT2D eigenvalue weighted by atomic mass is 16.5. The number of aryl methyl sites for hydroxylation is 1. The molecular formula is C35H39N9O6. The van der Waals surface area contributed by atoms with Gasteiger partial charge in [0, 0.05) is 36.9 Å². The van der Waals surface area contributed by atoms with Gasteiger partial charge in [0.15, 0.2) is 0 Å². The molecule has 1 atom stereocenters. The van der Waals surface area contributed by atoms with Crippen LogP contribution in [0.1, 0.15) is 44.7 Å². The van der Waals surface area contributed by atoms with E-state index >= 15 is 0 Å². The number of benzene rings is 2. The standard InChI is InChI=1S/C35H39N9O6/c1-21-5-6-22(16-29(21)49-2)18-41-35(48)32(36)28-4-3-14-44(28)31(45)20-42-34(47)26-11-12-38-27-17-24(8-9-25(26)27)50-15-13-39-33(46)23-7-10-30(43-37)40-19-23/h5-12,16-17,19,28,36H,3-4,13-15,18,20,37H2,1-2H3,(H,39,46)(H,40,43)(H,41,48)(H,42,47)/t28-/m0/s1. The Labute approximate surface area is 288 Å². The van der Waals surface area contributed by atoms with Crippen LogP contribution in [0.25, 0.3) is 10.9 Å². The second-order valence-corrected chi connectivity index (χ2v) is 11.5. The first kappa shape index (κ1) is 35.2. The van der Waals surface area contributed by atoms with Crippen LogP contribution in [0.4, 0.5) is 5.82 Å². The molecule has 0 unspecified atom stereocenters. The number of carbonyl (C=O) groups is 4. The van der Waals surface area contributed by atoms with Crippen molar-refractivity contribution in [3.05, 3.63) is 89.2 Å². The van der Waals surface area contributed by atoms with Crippen molar-refractivity contribution in [2.75, 3.05) is 38.8 Å². The number of anilines is 1. The third kappa shape index (κ3) is 8.49. The number of ether oxygens (including phenoxy) is 2.